The first kappa shape index (κ1) is 18.2. The molecular weight excluding hydrogens is 362 g/mol. The Balaban J connectivity index is 1.48. The highest BCUT2D eigenvalue weighted by Crippen LogP contribution is 2.28. The predicted octanol–water partition coefficient (Wildman–Crippen LogP) is 2.08. The minimum atomic E-state index is -3.56. The summed E-state index contributed by atoms with van der Waals surface area (Å²) in [4.78, 5) is 14.1. The maximum atomic E-state index is 13.1. The molecule has 1 amide bonds. The molecule has 2 aliphatic rings. The third kappa shape index (κ3) is 3.63. The molecule has 7 heteroatoms. The van der Waals surface area contributed by atoms with Gasteiger partial charge in [-0.25, -0.2) is 8.42 Å². The van der Waals surface area contributed by atoms with Gasteiger partial charge in [0.05, 0.1) is 11.3 Å². The average molecular weight is 385 g/mol. The molecule has 0 radical (unpaired) electrons. The Kier molecular flexibility index (Phi) is 4.75. The van der Waals surface area contributed by atoms with Gasteiger partial charge in [-0.3, -0.25) is 9.69 Å². The van der Waals surface area contributed by atoms with Crippen LogP contribution in [0.1, 0.15) is 18.1 Å². The second-order valence-corrected chi connectivity index (χ2v) is 9.15. The molecule has 0 saturated carbocycles. The number of carbonyl (C=O) groups is 1. The van der Waals surface area contributed by atoms with E-state index < -0.39 is 10.0 Å². The summed E-state index contributed by atoms with van der Waals surface area (Å²) in [5.41, 5.74) is 2.69. The van der Waals surface area contributed by atoms with Crippen molar-refractivity contribution in [2.24, 2.45) is 0 Å². The van der Waals surface area contributed by atoms with E-state index in [1.165, 1.54) is 5.56 Å². The van der Waals surface area contributed by atoms with Crippen LogP contribution in [0.5, 0.6) is 0 Å². The van der Waals surface area contributed by atoms with Gasteiger partial charge in [-0.1, -0.05) is 30.3 Å². The van der Waals surface area contributed by atoms with Crippen LogP contribution in [0.2, 0.25) is 0 Å². The van der Waals surface area contributed by atoms with E-state index in [9.17, 15) is 13.2 Å². The van der Waals surface area contributed by atoms with Crippen LogP contribution < -0.4 is 5.32 Å². The molecule has 1 fully saturated rings. The number of anilines is 1. The minimum Gasteiger partial charge on any atom is -0.326 e. The highest BCUT2D eigenvalue weighted by Gasteiger charge is 2.33. The van der Waals surface area contributed by atoms with Gasteiger partial charge in [0.1, 0.15) is 0 Å². The number of hydrogen-bond acceptors (Lipinski definition) is 4. The van der Waals surface area contributed by atoms with Crippen molar-refractivity contribution in [3.05, 3.63) is 59.7 Å². The number of rotatable bonds is 4. The quantitative estimate of drug-likeness (QED) is 0.875. The maximum absolute atomic E-state index is 13.1. The second kappa shape index (κ2) is 7.07. The van der Waals surface area contributed by atoms with E-state index >= 15 is 0 Å². The monoisotopic (exact) mass is 385 g/mol. The molecule has 2 aromatic rings. The van der Waals surface area contributed by atoms with E-state index in [1.807, 2.05) is 18.2 Å². The molecule has 0 aromatic heterocycles. The molecular formula is C20H23N3O3S. The fraction of sp³-hybridized carbons (Fsp3) is 0.350. The van der Waals surface area contributed by atoms with Crippen molar-refractivity contribution >= 4 is 21.6 Å². The molecule has 1 saturated heterocycles. The lowest BCUT2D eigenvalue weighted by Crippen LogP contribution is -2.53. The molecule has 27 heavy (non-hydrogen) atoms. The number of carbonyl (C=O) groups excluding carboxylic acids is 1. The summed E-state index contributed by atoms with van der Waals surface area (Å²) in [7, 11) is -3.56. The fourth-order valence-electron chi connectivity index (χ4n) is 3.75. The summed E-state index contributed by atoms with van der Waals surface area (Å²) < 4.78 is 27.7. The zero-order valence-corrected chi connectivity index (χ0v) is 16.1. The normalized spacial score (nSPS) is 21.1. The van der Waals surface area contributed by atoms with Crippen molar-refractivity contribution < 1.29 is 13.2 Å². The van der Waals surface area contributed by atoms with Crippen molar-refractivity contribution in [2.45, 2.75) is 30.8 Å². The van der Waals surface area contributed by atoms with Gasteiger partial charge in [0.25, 0.3) is 0 Å². The van der Waals surface area contributed by atoms with Crippen LogP contribution in [0, 0.1) is 0 Å². The Bertz CT molecular complexity index is 960. The summed E-state index contributed by atoms with van der Waals surface area (Å²) in [6.45, 7) is 4.51. The largest absolute Gasteiger partial charge is 0.326 e. The zero-order chi connectivity index (χ0) is 19.0. The standard InChI is InChI=1S/C20H23N3O3S/c1-15-13-23(10-9-22(15)14-16-5-3-2-4-6-16)27(25,26)18-7-8-19-17(11-18)12-20(24)21-19/h2-8,11,15H,9-10,12-14H2,1H3,(H,21,24). The molecule has 2 heterocycles. The topological polar surface area (TPSA) is 69.7 Å². The van der Waals surface area contributed by atoms with Crippen LogP contribution in [-0.2, 0) is 27.8 Å². The van der Waals surface area contributed by atoms with Crippen molar-refractivity contribution in [1.82, 2.24) is 9.21 Å². The number of nitrogens with zero attached hydrogens (tertiary/aromatic N) is 2. The van der Waals surface area contributed by atoms with Gasteiger partial charge >= 0.3 is 0 Å². The lowest BCUT2D eigenvalue weighted by Gasteiger charge is -2.39. The van der Waals surface area contributed by atoms with E-state index in [2.05, 4.69) is 29.3 Å². The molecule has 0 bridgehead atoms. The Morgan fingerprint density at radius 1 is 1.11 bits per heavy atom. The molecule has 4 rings (SSSR count). The summed E-state index contributed by atoms with van der Waals surface area (Å²) in [6, 6.07) is 15.3. The zero-order valence-electron chi connectivity index (χ0n) is 15.3. The van der Waals surface area contributed by atoms with Crippen LogP contribution in [0.25, 0.3) is 0 Å². The predicted molar refractivity (Wildman–Crippen MR) is 104 cm³/mol. The SMILES string of the molecule is CC1CN(S(=O)(=O)c2ccc3c(c2)CC(=O)N3)CCN1Cc1ccccc1. The number of nitrogens with one attached hydrogen (secondary N) is 1. The molecule has 0 aliphatic carbocycles. The third-order valence-corrected chi connectivity index (χ3v) is 7.16. The molecule has 1 unspecified atom stereocenters. The molecule has 2 aromatic carbocycles. The Morgan fingerprint density at radius 2 is 1.89 bits per heavy atom. The Morgan fingerprint density at radius 3 is 2.63 bits per heavy atom. The van der Waals surface area contributed by atoms with Gasteiger partial charge in [-0.2, -0.15) is 4.31 Å². The number of amides is 1. The van der Waals surface area contributed by atoms with Crippen molar-refractivity contribution in [3.8, 4) is 0 Å². The Labute approximate surface area is 159 Å². The van der Waals surface area contributed by atoms with Crippen LogP contribution in [0.3, 0.4) is 0 Å². The van der Waals surface area contributed by atoms with Gasteiger partial charge in [0.2, 0.25) is 15.9 Å². The number of sulfonamides is 1. The number of benzene rings is 2. The minimum absolute atomic E-state index is 0.0947. The first-order valence-corrected chi connectivity index (χ1v) is 10.6. The summed E-state index contributed by atoms with van der Waals surface area (Å²) in [5, 5.41) is 2.74. The first-order valence-electron chi connectivity index (χ1n) is 9.14. The lowest BCUT2D eigenvalue weighted by atomic mass is 10.1. The van der Waals surface area contributed by atoms with Crippen LogP contribution >= 0.6 is 0 Å². The smallest absolute Gasteiger partial charge is 0.243 e. The van der Waals surface area contributed by atoms with Gasteiger partial charge in [0, 0.05) is 37.9 Å². The van der Waals surface area contributed by atoms with Gasteiger partial charge < -0.3 is 5.32 Å². The van der Waals surface area contributed by atoms with Gasteiger partial charge in [-0.05, 0) is 36.2 Å². The molecule has 2 aliphatic heterocycles. The second-order valence-electron chi connectivity index (χ2n) is 7.21. The number of hydrogen-bond donors (Lipinski definition) is 1. The average Bonchev–Trinajstić information content (AvgIpc) is 3.03. The van der Waals surface area contributed by atoms with E-state index in [1.54, 1.807) is 22.5 Å². The highest BCUT2D eigenvalue weighted by molar-refractivity contribution is 7.89. The number of fused-ring (bicyclic) bond motifs is 1. The first-order chi connectivity index (χ1) is 12.9. The van der Waals surface area contributed by atoms with E-state index in [-0.39, 0.29) is 23.3 Å². The highest BCUT2D eigenvalue weighted by atomic mass is 32.2. The molecule has 142 valence electrons. The molecule has 6 nitrogen and oxygen atoms in total. The van der Waals surface area contributed by atoms with E-state index in [4.69, 9.17) is 0 Å². The number of piperazine rings is 1. The third-order valence-electron chi connectivity index (χ3n) is 5.30. The van der Waals surface area contributed by atoms with Crippen molar-refractivity contribution in [1.29, 1.82) is 0 Å². The van der Waals surface area contributed by atoms with Gasteiger partial charge in [0.15, 0.2) is 0 Å². The van der Waals surface area contributed by atoms with Crippen LogP contribution in [-0.4, -0.2) is 49.2 Å². The van der Waals surface area contributed by atoms with Crippen LogP contribution in [0.15, 0.2) is 53.4 Å². The maximum Gasteiger partial charge on any atom is 0.243 e. The van der Waals surface area contributed by atoms with Gasteiger partial charge in [-0.15, -0.1) is 0 Å². The Hall–Kier alpha value is -2.22. The molecule has 0 spiro atoms. The van der Waals surface area contributed by atoms with Crippen LogP contribution in [0.4, 0.5) is 5.69 Å². The summed E-state index contributed by atoms with van der Waals surface area (Å²) in [6.07, 6.45) is 0.236. The van der Waals surface area contributed by atoms with Crippen molar-refractivity contribution in [2.75, 3.05) is 25.0 Å². The van der Waals surface area contributed by atoms with Crippen molar-refractivity contribution in [3.63, 3.8) is 0 Å². The molecule has 1 N–H and O–H groups in total. The lowest BCUT2D eigenvalue weighted by molar-refractivity contribution is -0.115. The molecule has 1 atom stereocenters. The van der Waals surface area contributed by atoms with E-state index in [0.717, 1.165) is 12.1 Å². The van der Waals surface area contributed by atoms with E-state index in [0.29, 0.717) is 25.3 Å². The summed E-state index contributed by atoms with van der Waals surface area (Å²) >= 11 is 0. The fourth-order valence-corrected chi connectivity index (χ4v) is 5.31. The summed E-state index contributed by atoms with van der Waals surface area (Å²) in [5.74, 6) is -0.0947.